The summed E-state index contributed by atoms with van der Waals surface area (Å²) in [6, 6.07) is 10.8. The SMILES string of the molecule is O=C1c2ccccc2C(=O)N1c1cc(Cl)ccc1O. The summed E-state index contributed by atoms with van der Waals surface area (Å²) in [6.07, 6.45) is 0. The van der Waals surface area contributed by atoms with Crippen molar-refractivity contribution in [3.8, 4) is 5.75 Å². The van der Waals surface area contributed by atoms with Gasteiger partial charge in [0, 0.05) is 5.02 Å². The minimum atomic E-state index is -0.460. The van der Waals surface area contributed by atoms with Crippen molar-refractivity contribution in [3.05, 3.63) is 58.6 Å². The fraction of sp³-hybridized carbons (Fsp3) is 0. The molecule has 1 N–H and O–H groups in total. The van der Waals surface area contributed by atoms with Gasteiger partial charge < -0.3 is 5.11 Å². The quantitative estimate of drug-likeness (QED) is 0.813. The first-order valence-corrected chi connectivity index (χ1v) is 5.94. The highest BCUT2D eigenvalue weighted by atomic mass is 35.5. The van der Waals surface area contributed by atoms with E-state index in [0.717, 1.165) is 4.90 Å². The van der Waals surface area contributed by atoms with Crippen LogP contribution in [0.4, 0.5) is 5.69 Å². The van der Waals surface area contributed by atoms with Crippen LogP contribution in [-0.2, 0) is 0 Å². The van der Waals surface area contributed by atoms with Crippen LogP contribution in [0.3, 0.4) is 0 Å². The predicted molar refractivity (Wildman–Crippen MR) is 70.7 cm³/mol. The molecular formula is C14H8ClNO3. The van der Waals surface area contributed by atoms with Gasteiger partial charge in [0.1, 0.15) is 5.75 Å². The van der Waals surface area contributed by atoms with E-state index in [-0.39, 0.29) is 11.4 Å². The molecule has 0 bridgehead atoms. The predicted octanol–water partition coefficient (Wildman–Crippen LogP) is 2.85. The molecule has 0 unspecified atom stereocenters. The Morgan fingerprint density at radius 3 is 2.11 bits per heavy atom. The Kier molecular flexibility index (Phi) is 2.54. The first-order chi connectivity index (χ1) is 9.09. The molecule has 0 spiro atoms. The normalized spacial score (nSPS) is 13.8. The number of fused-ring (bicyclic) bond motifs is 1. The van der Waals surface area contributed by atoms with Gasteiger partial charge >= 0.3 is 0 Å². The summed E-state index contributed by atoms with van der Waals surface area (Å²) < 4.78 is 0. The van der Waals surface area contributed by atoms with Gasteiger partial charge in [0.15, 0.2) is 0 Å². The summed E-state index contributed by atoms with van der Waals surface area (Å²) in [5.41, 5.74) is 0.748. The Hall–Kier alpha value is -2.33. The Bertz CT molecular complexity index is 677. The molecule has 2 aromatic carbocycles. The van der Waals surface area contributed by atoms with E-state index in [1.54, 1.807) is 24.3 Å². The van der Waals surface area contributed by atoms with Crippen LogP contribution >= 0.6 is 11.6 Å². The lowest BCUT2D eigenvalue weighted by molar-refractivity contribution is 0.0925. The molecule has 0 saturated heterocycles. The zero-order valence-electron chi connectivity index (χ0n) is 9.63. The molecule has 0 atom stereocenters. The number of phenols is 1. The molecule has 1 aliphatic rings. The standard InChI is InChI=1S/C14H8ClNO3/c15-8-5-6-12(17)11(7-8)16-13(18)9-3-1-2-4-10(9)14(16)19/h1-7,17H. The van der Waals surface area contributed by atoms with Gasteiger partial charge in [-0.1, -0.05) is 23.7 Å². The summed E-state index contributed by atoms with van der Waals surface area (Å²) in [4.78, 5) is 25.4. The van der Waals surface area contributed by atoms with Crippen molar-refractivity contribution in [2.24, 2.45) is 0 Å². The van der Waals surface area contributed by atoms with Crippen LogP contribution in [0.25, 0.3) is 0 Å². The number of aromatic hydroxyl groups is 1. The van der Waals surface area contributed by atoms with Gasteiger partial charge in [-0.15, -0.1) is 0 Å². The average Bonchev–Trinajstić information content (AvgIpc) is 2.66. The first kappa shape index (κ1) is 11.7. The third-order valence-electron chi connectivity index (χ3n) is 2.97. The van der Waals surface area contributed by atoms with E-state index in [0.29, 0.717) is 16.1 Å². The van der Waals surface area contributed by atoms with Gasteiger partial charge in [0.2, 0.25) is 0 Å². The minimum absolute atomic E-state index is 0.0960. The second-order valence-electron chi connectivity index (χ2n) is 4.12. The molecule has 19 heavy (non-hydrogen) atoms. The third-order valence-corrected chi connectivity index (χ3v) is 3.21. The number of hydrogen-bond donors (Lipinski definition) is 1. The number of benzene rings is 2. The number of carbonyl (C=O) groups excluding carboxylic acids is 2. The summed E-state index contributed by atoms with van der Waals surface area (Å²) in [6.45, 7) is 0. The van der Waals surface area contributed by atoms with Crippen molar-refractivity contribution in [1.29, 1.82) is 0 Å². The molecule has 0 radical (unpaired) electrons. The Balaban J connectivity index is 2.17. The molecule has 0 fully saturated rings. The highest BCUT2D eigenvalue weighted by Crippen LogP contribution is 2.35. The molecule has 0 saturated carbocycles. The Labute approximate surface area is 113 Å². The summed E-state index contributed by atoms with van der Waals surface area (Å²) in [5.74, 6) is -1.09. The van der Waals surface area contributed by atoms with Crippen LogP contribution in [0.5, 0.6) is 5.75 Å². The monoisotopic (exact) mass is 273 g/mol. The summed E-state index contributed by atoms with van der Waals surface area (Å²) in [7, 11) is 0. The number of imide groups is 1. The molecule has 0 aromatic heterocycles. The fourth-order valence-electron chi connectivity index (χ4n) is 2.08. The molecule has 1 heterocycles. The fourth-order valence-corrected chi connectivity index (χ4v) is 2.25. The molecule has 4 nitrogen and oxygen atoms in total. The molecule has 5 heteroatoms. The maximum Gasteiger partial charge on any atom is 0.266 e. The van der Waals surface area contributed by atoms with E-state index in [1.807, 2.05) is 0 Å². The van der Waals surface area contributed by atoms with Crippen LogP contribution in [0.2, 0.25) is 5.02 Å². The minimum Gasteiger partial charge on any atom is -0.506 e. The van der Waals surface area contributed by atoms with E-state index in [2.05, 4.69) is 0 Å². The second-order valence-corrected chi connectivity index (χ2v) is 4.56. The number of hydrogen-bond acceptors (Lipinski definition) is 3. The van der Waals surface area contributed by atoms with E-state index in [9.17, 15) is 14.7 Å². The number of nitrogens with zero attached hydrogens (tertiary/aromatic N) is 1. The molecule has 94 valence electrons. The third kappa shape index (κ3) is 1.69. The number of anilines is 1. The van der Waals surface area contributed by atoms with E-state index in [4.69, 9.17) is 11.6 Å². The topological polar surface area (TPSA) is 57.6 Å². The molecule has 2 amide bonds. The van der Waals surface area contributed by atoms with Gasteiger partial charge in [-0.25, -0.2) is 4.90 Å². The van der Waals surface area contributed by atoms with Gasteiger partial charge in [-0.2, -0.15) is 0 Å². The summed E-state index contributed by atoms with van der Waals surface area (Å²) >= 11 is 5.84. The van der Waals surface area contributed by atoms with Gasteiger partial charge in [-0.3, -0.25) is 9.59 Å². The van der Waals surface area contributed by atoms with Crippen LogP contribution in [-0.4, -0.2) is 16.9 Å². The van der Waals surface area contributed by atoms with Crippen molar-refractivity contribution < 1.29 is 14.7 Å². The lowest BCUT2D eigenvalue weighted by Gasteiger charge is -2.15. The number of rotatable bonds is 1. The molecule has 1 aliphatic heterocycles. The smallest absolute Gasteiger partial charge is 0.266 e. The zero-order valence-corrected chi connectivity index (χ0v) is 10.4. The average molecular weight is 274 g/mol. The zero-order chi connectivity index (χ0) is 13.6. The maximum absolute atomic E-state index is 12.2. The van der Waals surface area contributed by atoms with Crippen molar-refractivity contribution in [3.63, 3.8) is 0 Å². The van der Waals surface area contributed by atoms with Crippen molar-refractivity contribution in [2.75, 3.05) is 4.90 Å². The van der Waals surface area contributed by atoms with E-state index in [1.165, 1.54) is 18.2 Å². The van der Waals surface area contributed by atoms with E-state index >= 15 is 0 Å². The summed E-state index contributed by atoms with van der Waals surface area (Å²) in [5, 5.41) is 10.1. The van der Waals surface area contributed by atoms with Crippen molar-refractivity contribution in [2.45, 2.75) is 0 Å². The lowest BCUT2D eigenvalue weighted by Crippen LogP contribution is -2.29. The van der Waals surface area contributed by atoms with Crippen molar-refractivity contribution in [1.82, 2.24) is 0 Å². The maximum atomic E-state index is 12.2. The highest BCUT2D eigenvalue weighted by Gasteiger charge is 2.37. The van der Waals surface area contributed by atoms with Crippen LogP contribution < -0.4 is 4.90 Å². The lowest BCUT2D eigenvalue weighted by atomic mass is 10.1. The van der Waals surface area contributed by atoms with Crippen LogP contribution in [0.15, 0.2) is 42.5 Å². The van der Waals surface area contributed by atoms with Gasteiger partial charge in [0.05, 0.1) is 16.8 Å². The van der Waals surface area contributed by atoms with Gasteiger partial charge in [0.25, 0.3) is 11.8 Å². The number of phenolic OH excluding ortho intramolecular Hbond substituents is 1. The number of amides is 2. The van der Waals surface area contributed by atoms with Crippen molar-refractivity contribution >= 4 is 29.1 Å². The molecule has 0 aliphatic carbocycles. The molecule has 3 rings (SSSR count). The second kappa shape index (κ2) is 4.10. The first-order valence-electron chi connectivity index (χ1n) is 5.56. The van der Waals surface area contributed by atoms with Gasteiger partial charge in [-0.05, 0) is 30.3 Å². The van der Waals surface area contributed by atoms with Crippen LogP contribution in [0, 0.1) is 0 Å². The number of halogens is 1. The molecule has 2 aromatic rings. The number of carbonyl (C=O) groups is 2. The van der Waals surface area contributed by atoms with Crippen LogP contribution in [0.1, 0.15) is 20.7 Å². The Morgan fingerprint density at radius 2 is 1.53 bits per heavy atom. The van der Waals surface area contributed by atoms with E-state index < -0.39 is 11.8 Å². The molecular weight excluding hydrogens is 266 g/mol. The largest absolute Gasteiger partial charge is 0.506 e. The highest BCUT2D eigenvalue weighted by molar-refractivity contribution is 6.36. The Morgan fingerprint density at radius 1 is 0.947 bits per heavy atom.